The van der Waals surface area contributed by atoms with Crippen molar-refractivity contribution in [3.05, 3.63) is 35.5 Å². The Hall–Kier alpha value is -2.30. The SMILES string of the molecule is Cc1cc2ccn(CC(=O)O)c2cc1C(=O)O. The van der Waals surface area contributed by atoms with Crippen LogP contribution in [0.15, 0.2) is 24.4 Å². The van der Waals surface area contributed by atoms with Crippen LogP contribution < -0.4 is 0 Å². The molecular formula is C12H11NO4. The minimum absolute atomic E-state index is 0.175. The average Bonchev–Trinajstić information content (AvgIpc) is 2.58. The molecule has 0 fully saturated rings. The van der Waals surface area contributed by atoms with Crippen LogP contribution in [-0.2, 0) is 11.3 Å². The molecule has 1 aromatic heterocycles. The van der Waals surface area contributed by atoms with Crippen molar-refractivity contribution < 1.29 is 19.8 Å². The lowest BCUT2D eigenvalue weighted by Gasteiger charge is -2.05. The fourth-order valence-corrected chi connectivity index (χ4v) is 1.87. The van der Waals surface area contributed by atoms with Crippen molar-refractivity contribution in [3.63, 3.8) is 0 Å². The third-order valence-corrected chi connectivity index (χ3v) is 2.65. The Labute approximate surface area is 96.9 Å². The summed E-state index contributed by atoms with van der Waals surface area (Å²) in [5.74, 6) is -1.97. The quantitative estimate of drug-likeness (QED) is 0.846. The number of carboxylic acid groups (broad SMARTS) is 2. The Morgan fingerprint density at radius 1 is 1.29 bits per heavy atom. The number of aliphatic carboxylic acids is 1. The summed E-state index contributed by atoms with van der Waals surface area (Å²) >= 11 is 0. The summed E-state index contributed by atoms with van der Waals surface area (Å²) in [4.78, 5) is 21.7. The minimum atomic E-state index is -1.01. The van der Waals surface area contributed by atoms with Gasteiger partial charge in [0, 0.05) is 11.7 Å². The fraction of sp³-hybridized carbons (Fsp3) is 0.167. The van der Waals surface area contributed by atoms with E-state index in [9.17, 15) is 9.59 Å². The number of aryl methyl sites for hydroxylation is 1. The lowest BCUT2D eigenvalue weighted by Crippen LogP contribution is -2.08. The zero-order chi connectivity index (χ0) is 12.6. The van der Waals surface area contributed by atoms with Gasteiger partial charge in [0.1, 0.15) is 6.54 Å². The molecule has 0 amide bonds. The normalized spacial score (nSPS) is 10.6. The maximum atomic E-state index is 11.0. The van der Waals surface area contributed by atoms with Gasteiger partial charge in [-0.15, -0.1) is 0 Å². The van der Waals surface area contributed by atoms with Gasteiger partial charge in [0.2, 0.25) is 0 Å². The van der Waals surface area contributed by atoms with Gasteiger partial charge in [0.05, 0.1) is 5.56 Å². The standard InChI is InChI=1S/C12H11NO4/c1-7-4-8-2-3-13(6-11(14)15)10(8)5-9(7)12(16)17/h2-5H,6H2,1H3,(H,14,15)(H,16,17). The molecule has 2 N–H and O–H groups in total. The zero-order valence-electron chi connectivity index (χ0n) is 9.17. The van der Waals surface area contributed by atoms with E-state index in [1.165, 1.54) is 10.6 Å². The third-order valence-electron chi connectivity index (χ3n) is 2.65. The Morgan fingerprint density at radius 2 is 2.00 bits per heavy atom. The Morgan fingerprint density at radius 3 is 2.59 bits per heavy atom. The molecule has 88 valence electrons. The van der Waals surface area contributed by atoms with E-state index >= 15 is 0 Å². The first-order chi connectivity index (χ1) is 7.99. The van der Waals surface area contributed by atoms with Gasteiger partial charge < -0.3 is 14.8 Å². The predicted octanol–water partition coefficient (Wildman–Crippen LogP) is 1.73. The van der Waals surface area contributed by atoms with Crippen molar-refractivity contribution in [1.29, 1.82) is 0 Å². The summed E-state index contributed by atoms with van der Waals surface area (Å²) < 4.78 is 1.52. The number of hydrogen-bond acceptors (Lipinski definition) is 2. The maximum Gasteiger partial charge on any atom is 0.336 e. The largest absolute Gasteiger partial charge is 0.480 e. The number of nitrogens with zero attached hydrogens (tertiary/aromatic N) is 1. The molecule has 0 spiro atoms. The van der Waals surface area contributed by atoms with E-state index < -0.39 is 11.9 Å². The first-order valence-electron chi connectivity index (χ1n) is 5.03. The van der Waals surface area contributed by atoms with Crippen LogP contribution >= 0.6 is 0 Å². The predicted molar refractivity (Wildman–Crippen MR) is 61.3 cm³/mol. The topological polar surface area (TPSA) is 79.5 Å². The molecule has 2 rings (SSSR count). The van der Waals surface area contributed by atoms with E-state index in [4.69, 9.17) is 10.2 Å². The molecule has 2 aromatic rings. The molecule has 5 heteroatoms. The molecule has 0 saturated carbocycles. The summed E-state index contributed by atoms with van der Waals surface area (Å²) in [7, 11) is 0. The van der Waals surface area contributed by atoms with Crippen LogP contribution in [0, 0.1) is 6.92 Å². The van der Waals surface area contributed by atoms with Crippen molar-refractivity contribution >= 4 is 22.8 Å². The molecule has 0 atom stereocenters. The van der Waals surface area contributed by atoms with Crippen molar-refractivity contribution in [2.75, 3.05) is 0 Å². The van der Waals surface area contributed by atoms with E-state index in [0.717, 1.165) is 5.39 Å². The van der Waals surface area contributed by atoms with Gasteiger partial charge in [-0.25, -0.2) is 4.79 Å². The highest BCUT2D eigenvalue weighted by Gasteiger charge is 2.11. The lowest BCUT2D eigenvalue weighted by molar-refractivity contribution is -0.137. The number of fused-ring (bicyclic) bond motifs is 1. The summed E-state index contributed by atoms with van der Waals surface area (Å²) in [6.45, 7) is 1.54. The van der Waals surface area contributed by atoms with E-state index in [2.05, 4.69) is 0 Å². The van der Waals surface area contributed by atoms with Crippen LogP contribution in [0.5, 0.6) is 0 Å². The lowest BCUT2D eigenvalue weighted by atomic mass is 10.1. The molecule has 0 aliphatic heterocycles. The number of aromatic nitrogens is 1. The van der Waals surface area contributed by atoms with Crippen LogP contribution in [-0.4, -0.2) is 26.7 Å². The van der Waals surface area contributed by atoms with Crippen molar-refractivity contribution in [2.45, 2.75) is 13.5 Å². The van der Waals surface area contributed by atoms with Crippen LogP contribution in [0.2, 0.25) is 0 Å². The van der Waals surface area contributed by atoms with Gasteiger partial charge in [0.15, 0.2) is 0 Å². The number of hydrogen-bond donors (Lipinski definition) is 2. The fourth-order valence-electron chi connectivity index (χ4n) is 1.87. The van der Waals surface area contributed by atoms with Crippen LogP contribution in [0.4, 0.5) is 0 Å². The summed E-state index contributed by atoms with van der Waals surface area (Å²) in [5.41, 5.74) is 1.48. The van der Waals surface area contributed by atoms with Crippen molar-refractivity contribution in [2.24, 2.45) is 0 Å². The molecule has 0 aliphatic rings. The van der Waals surface area contributed by atoms with Gasteiger partial charge in [-0.3, -0.25) is 4.79 Å². The van der Waals surface area contributed by atoms with Crippen LogP contribution in [0.3, 0.4) is 0 Å². The average molecular weight is 233 g/mol. The summed E-state index contributed by atoms with van der Waals surface area (Å²) in [6, 6.07) is 5.03. The molecule has 1 aromatic carbocycles. The van der Waals surface area contributed by atoms with E-state index in [-0.39, 0.29) is 12.1 Å². The third kappa shape index (κ3) is 1.99. The highest BCUT2D eigenvalue weighted by Crippen LogP contribution is 2.21. The number of aromatic carboxylic acids is 1. The molecular weight excluding hydrogens is 222 g/mol. The van der Waals surface area contributed by atoms with E-state index in [1.807, 2.05) is 0 Å². The first-order valence-corrected chi connectivity index (χ1v) is 5.03. The second-order valence-corrected chi connectivity index (χ2v) is 3.87. The minimum Gasteiger partial charge on any atom is -0.480 e. The zero-order valence-corrected chi connectivity index (χ0v) is 9.17. The number of carbonyl (C=O) groups is 2. The van der Waals surface area contributed by atoms with Gasteiger partial charge in [-0.05, 0) is 36.1 Å². The second-order valence-electron chi connectivity index (χ2n) is 3.87. The molecule has 0 unspecified atom stereocenters. The monoisotopic (exact) mass is 233 g/mol. The van der Waals surface area contributed by atoms with Crippen LogP contribution in [0.25, 0.3) is 10.9 Å². The molecule has 0 radical (unpaired) electrons. The smallest absolute Gasteiger partial charge is 0.336 e. The first kappa shape index (κ1) is 11.2. The Bertz CT molecular complexity index is 612. The molecule has 0 saturated heterocycles. The Balaban J connectivity index is 2.63. The Kier molecular flexibility index (Phi) is 2.59. The number of carboxylic acids is 2. The maximum absolute atomic E-state index is 11.0. The second kappa shape index (κ2) is 3.93. The van der Waals surface area contributed by atoms with Crippen molar-refractivity contribution in [1.82, 2.24) is 4.57 Å². The highest BCUT2D eigenvalue weighted by atomic mass is 16.4. The van der Waals surface area contributed by atoms with E-state index in [1.54, 1.807) is 25.3 Å². The molecule has 17 heavy (non-hydrogen) atoms. The van der Waals surface area contributed by atoms with Gasteiger partial charge in [0.25, 0.3) is 0 Å². The molecule has 1 heterocycles. The molecule has 0 aliphatic carbocycles. The van der Waals surface area contributed by atoms with E-state index in [0.29, 0.717) is 11.1 Å². The van der Waals surface area contributed by atoms with Gasteiger partial charge >= 0.3 is 11.9 Å². The van der Waals surface area contributed by atoms with Crippen molar-refractivity contribution in [3.8, 4) is 0 Å². The summed E-state index contributed by atoms with van der Waals surface area (Å²) in [5, 5.41) is 18.6. The molecule has 0 bridgehead atoms. The van der Waals surface area contributed by atoms with Crippen LogP contribution in [0.1, 0.15) is 15.9 Å². The number of rotatable bonds is 3. The highest BCUT2D eigenvalue weighted by molar-refractivity contribution is 5.95. The van der Waals surface area contributed by atoms with Gasteiger partial charge in [-0.2, -0.15) is 0 Å². The number of benzene rings is 1. The summed E-state index contributed by atoms with van der Waals surface area (Å²) in [6.07, 6.45) is 1.64. The van der Waals surface area contributed by atoms with Gasteiger partial charge in [-0.1, -0.05) is 0 Å². The molecule has 5 nitrogen and oxygen atoms in total.